The zero-order chi connectivity index (χ0) is 18.7. The maximum Gasteiger partial charge on any atom is 0.225 e. The molecule has 0 amide bonds. The molecule has 0 atom stereocenters. The lowest BCUT2D eigenvalue weighted by Gasteiger charge is -2.36. The minimum atomic E-state index is 0.222. The average molecular weight is 385 g/mol. The van der Waals surface area contributed by atoms with E-state index in [0.717, 1.165) is 49.7 Å². The molecule has 1 N–H and O–H groups in total. The number of halogens is 1. The van der Waals surface area contributed by atoms with Crippen LogP contribution in [0, 0.1) is 0 Å². The van der Waals surface area contributed by atoms with E-state index in [0.29, 0.717) is 0 Å². The molecule has 4 rings (SSSR count). The van der Waals surface area contributed by atoms with Crippen molar-refractivity contribution < 1.29 is 0 Å². The lowest BCUT2D eigenvalue weighted by atomic mass is 9.96. The highest BCUT2D eigenvalue weighted by Gasteiger charge is 2.44. The number of aromatic nitrogens is 2. The zero-order valence-corrected chi connectivity index (χ0v) is 16.4. The summed E-state index contributed by atoms with van der Waals surface area (Å²) in [6, 6.07) is 10.1. The summed E-state index contributed by atoms with van der Waals surface area (Å²) in [7, 11) is 1.86. The smallest absolute Gasteiger partial charge is 0.225 e. The van der Waals surface area contributed by atoms with Crippen molar-refractivity contribution in [3.05, 3.63) is 53.3 Å². The lowest BCUT2D eigenvalue weighted by molar-refractivity contribution is 0.368. The number of aliphatic imine (C=N–C) groups is 1. The first-order chi connectivity index (χ1) is 13.2. The predicted molar refractivity (Wildman–Crippen MR) is 110 cm³/mol. The summed E-state index contributed by atoms with van der Waals surface area (Å²) in [4.78, 5) is 17.7. The van der Waals surface area contributed by atoms with Crippen LogP contribution in [0.25, 0.3) is 0 Å². The van der Waals surface area contributed by atoms with E-state index in [1.165, 1.54) is 18.4 Å². The van der Waals surface area contributed by atoms with Crippen LogP contribution < -0.4 is 10.2 Å². The molecule has 0 unspecified atom stereocenters. The second kappa shape index (κ2) is 7.72. The Hall–Kier alpha value is -2.34. The van der Waals surface area contributed by atoms with E-state index in [4.69, 9.17) is 11.6 Å². The normalized spacial score (nSPS) is 19.1. The third kappa shape index (κ3) is 4.00. The Morgan fingerprint density at radius 1 is 1.11 bits per heavy atom. The largest absolute Gasteiger partial charge is 0.355 e. The maximum absolute atomic E-state index is 6.04. The minimum absolute atomic E-state index is 0.222. The molecule has 0 bridgehead atoms. The number of hydrogen-bond acceptors (Lipinski definition) is 4. The molecule has 7 heteroatoms. The standard InChI is InChI=1S/C20H25ClN6/c1-22-18(25-15-20(7-8-20)16-3-5-17(21)6-4-16)26-11-13-27(14-12-26)19-23-9-2-10-24-19/h2-6,9-10H,7-8,11-15H2,1H3,(H,22,25). The Morgan fingerprint density at radius 3 is 2.37 bits per heavy atom. The quantitative estimate of drug-likeness (QED) is 0.648. The maximum atomic E-state index is 6.04. The summed E-state index contributed by atoms with van der Waals surface area (Å²) in [5.41, 5.74) is 1.58. The molecule has 0 radical (unpaired) electrons. The topological polar surface area (TPSA) is 56.7 Å². The Kier molecular flexibility index (Phi) is 5.16. The molecular weight excluding hydrogens is 360 g/mol. The van der Waals surface area contributed by atoms with E-state index in [2.05, 4.69) is 42.2 Å². The fraction of sp³-hybridized carbons (Fsp3) is 0.450. The molecule has 27 heavy (non-hydrogen) atoms. The summed E-state index contributed by atoms with van der Waals surface area (Å²) in [5, 5.41) is 4.39. The Labute approximate surface area is 165 Å². The van der Waals surface area contributed by atoms with Gasteiger partial charge in [0, 0.05) is 62.6 Å². The summed E-state index contributed by atoms with van der Waals surface area (Å²) in [6.45, 7) is 4.52. The van der Waals surface area contributed by atoms with Crippen LogP contribution in [0.15, 0.2) is 47.7 Å². The molecule has 1 aliphatic carbocycles. The van der Waals surface area contributed by atoms with Crippen LogP contribution >= 0.6 is 11.6 Å². The molecule has 2 fully saturated rings. The monoisotopic (exact) mass is 384 g/mol. The van der Waals surface area contributed by atoms with Crippen molar-refractivity contribution in [2.45, 2.75) is 18.3 Å². The number of guanidine groups is 1. The molecule has 2 aromatic rings. The number of rotatable bonds is 4. The van der Waals surface area contributed by atoms with Gasteiger partial charge in [0.15, 0.2) is 5.96 Å². The highest BCUT2D eigenvalue weighted by Crippen LogP contribution is 2.47. The van der Waals surface area contributed by atoms with Crippen LogP contribution in [-0.4, -0.2) is 60.6 Å². The SMILES string of the molecule is CN=C(NCC1(c2ccc(Cl)cc2)CC1)N1CCN(c2ncccn2)CC1. The van der Waals surface area contributed by atoms with Crippen LogP contribution in [0.5, 0.6) is 0 Å². The molecule has 2 heterocycles. The van der Waals surface area contributed by atoms with Crippen molar-refractivity contribution in [1.29, 1.82) is 0 Å². The van der Waals surface area contributed by atoms with E-state index < -0.39 is 0 Å². The van der Waals surface area contributed by atoms with E-state index in [9.17, 15) is 0 Å². The Bertz CT molecular complexity index is 780. The van der Waals surface area contributed by atoms with Crippen LogP contribution in [-0.2, 0) is 5.41 Å². The van der Waals surface area contributed by atoms with Gasteiger partial charge in [-0.2, -0.15) is 0 Å². The minimum Gasteiger partial charge on any atom is -0.355 e. The average Bonchev–Trinajstić information content (AvgIpc) is 3.51. The van der Waals surface area contributed by atoms with E-state index in [1.807, 2.05) is 25.2 Å². The first-order valence-electron chi connectivity index (χ1n) is 9.44. The van der Waals surface area contributed by atoms with Crippen LogP contribution in [0.4, 0.5) is 5.95 Å². The van der Waals surface area contributed by atoms with Crippen LogP contribution in [0.3, 0.4) is 0 Å². The number of anilines is 1. The molecule has 1 saturated heterocycles. The summed E-state index contributed by atoms with van der Waals surface area (Å²) in [6.07, 6.45) is 6.00. The summed E-state index contributed by atoms with van der Waals surface area (Å²) < 4.78 is 0. The second-order valence-electron chi connectivity index (χ2n) is 7.21. The van der Waals surface area contributed by atoms with Gasteiger partial charge in [-0.15, -0.1) is 0 Å². The van der Waals surface area contributed by atoms with Crippen molar-refractivity contribution in [3.8, 4) is 0 Å². The second-order valence-corrected chi connectivity index (χ2v) is 7.65. The van der Waals surface area contributed by atoms with Crippen LogP contribution in [0.2, 0.25) is 5.02 Å². The molecule has 1 aromatic carbocycles. The van der Waals surface area contributed by atoms with Crippen molar-refractivity contribution in [3.63, 3.8) is 0 Å². The van der Waals surface area contributed by atoms with Crippen molar-refractivity contribution in [2.24, 2.45) is 4.99 Å². The van der Waals surface area contributed by atoms with Gasteiger partial charge in [0.2, 0.25) is 5.95 Å². The summed E-state index contributed by atoms with van der Waals surface area (Å²) >= 11 is 6.04. The Balaban J connectivity index is 1.33. The van der Waals surface area contributed by atoms with Crippen LogP contribution in [0.1, 0.15) is 18.4 Å². The van der Waals surface area contributed by atoms with Crippen molar-refractivity contribution in [1.82, 2.24) is 20.2 Å². The third-order valence-electron chi connectivity index (χ3n) is 5.52. The van der Waals surface area contributed by atoms with Gasteiger partial charge in [-0.3, -0.25) is 4.99 Å². The lowest BCUT2D eigenvalue weighted by Crippen LogP contribution is -2.53. The highest BCUT2D eigenvalue weighted by molar-refractivity contribution is 6.30. The fourth-order valence-corrected chi connectivity index (χ4v) is 3.80. The molecule has 1 aliphatic heterocycles. The van der Waals surface area contributed by atoms with Crippen molar-refractivity contribution in [2.75, 3.05) is 44.7 Å². The molecule has 0 spiro atoms. The number of hydrogen-bond donors (Lipinski definition) is 1. The number of piperazine rings is 1. The number of nitrogens with one attached hydrogen (secondary N) is 1. The molecule has 1 aromatic heterocycles. The van der Waals surface area contributed by atoms with Gasteiger partial charge in [-0.1, -0.05) is 23.7 Å². The molecular formula is C20H25ClN6. The number of benzene rings is 1. The first kappa shape index (κ1) is 18.0. The number of nitrogens with zero attached hydrogens (tertiary/aromatic N) is 5. The van der Waals surface area contributed by atoms with Gasteiger partial charge in [-0.05, 0) is 36.6 Å². The zero-order valence-electron chi connectivity index (χ0n) is 15.6. The van der Waals surface area contributed by atoms with E-state index in [1.54, 1.807) is 12.4 Å². The van der Waals surface area contributed by atoms with Crippen molar-refractivity contribution >= 4 is 23.5 Å². The fourth-order valence-electron chi connectivity index (χ4n) is 3.68. The predicted octanol–water partition coefficient (Wildman–Crippen LogP) is 2.56. The highest BCUT2D eigenvalue weighted by atomic mass is 35.5. The van der Waals surface area contributed by atoms with E-state index in [-0.39, 0.29) is 5.41 Å². The molecule has 142 valence electrons. The van der Waals surface area contributed by atoms with Gasteiger partial charge in [-0.25, -0.2) is 9.97 Å². The summed E-state index contributed by atoms with van der Waals surface area (Å²) in [5.74, 6) is 1.78. The Morgan fingerprint density at radius 2 is 1.78 bits per heavy atom. The van der Waals surface area contributed by atoms with Gasteiger partial charge < -0.3 is 15.1 Å². The third-order valence-corrected chi connectivity index (χ3v) is 5.77. The van der Waals surface area contributed by atoms with Gasteiger partial charge >= 0.3 is 0 Å². The molecule has 2 aliphatic rings. The molecule has 6 nitrogen and oxygen atoms in total. The van der Waals surface area contributed by atoms with E-state index >= 15 is 0 Å². The molecule has 1 saturated carbocycles. The van der Waals surface area contributed by atoms with Gasteiger partial charge in [0.05, 0.1) is 0 Å². The van der Waals surface area contributed by atoms with Gasteiger partial charge in [0.1, 0.15) is 0 Å². The van der Waals surface area contributed by atoms with Gasteiger partial charge in [0.25, 0.3) is 0 Å². The first-order valence-corrected chi connectivity index (χ1v) is 9.82.